The highest BCUT2D eigenvalue weighted by Gasteiger charge is 2.04. The van der Waals surface area contributed by atoms with Crippen molar-refractivity contribution in [3.8, 4) is 0 Å². The Morgan fingerprint density at radius 1 is 1.18 bits per heavy atom. The minimum absolute atomic E-state index is 0.536. The van der Waals surface area contributed by atoms with Gasteiger partial charge in [-0.2, -0.15) is 0 Å². The molecule has 0 radical (unpaired) electrons. The largest absolute Gasteiger partial charge is 0.375 e. The van der Waals surface area contributed by atoms with E-state index in [0.717, 1.165) is 23.7 Å². The normalized spacial score (nSPS) is 13.0. The molecule has 1 aromatic rings. The first-order chi connectivity index (χ1) is 8.09. The van der Waals surface area contributed by atoms with E-state index in [1.807, 2.05) is 24.3 Å². The van der Waals surface area contributed by atoms with Crippen molar-refractivity contribution in [2.24, 2.45) is 5.92 Å². The quantitative estimate of drug-likeness (QED) is 0.753. The van der Waals surface area contributed by atoms with Gasteiger partial charge in [0.1, 0.15) is 0 Å². The first-order valence-corrected chi connectivity index (χ1v) is 6.53. The third kappa shape index (κ3) is 6.06. The summed E-state index contributed by atoms with van der Waals surface area (Å²) in [5.74, 6) is 0.659. The lowest BCUT2D eigenvalue weighted by Gasteiger charge is -2.17. The zero-order chi connectivity index (χ0) is 12.7. The number of benzene rings is 1. The molecule has 3 heteroatoms. The van der Waals surface area contributed by atoms with E-state index in [1.54, 1.807) is 0 Å². The van der Waals surface area contributed by atoms with E-state index in [0.29, 0.717) is 18.6 Å². The molecule has 17 heavy (non-hydrogen) atoms. The van der Waals surface area contributed by atoms with E-state index in [1.165, 1.54) is 0 Å². The molecule has 0 amide bonds. The van der Waals surface area contributed by atoms with Crippen LogP contribution in [0, 0.1) is 5.92 Å². The van der Waals surface area contributed by atoms with Crippen LogP contribution in [0.15, 0.2) is 24.3 Å². The van der Waals surface area contributed by atoms with Crippen molar-refractivity contribution in [1.29, 1.82) is 0 Å². The maximum atomic E-state index is 5.81. The highest BCUT2D eigenvalue weighted by Crippen LogP contribution is 2.10. The van der Waals surface area contributed by atoms with Gasteiger partial charge in [0.25, 0.3) is 0 Å². The molecule has 0 aromatic heterocycles. The molecule has 0 saturated carbocycles. The Morgan fingerprint density at radius 2 is 1.82 bits per heavy atom. The first-order valence-electron chi connectivity index (χ1n) is 6.15. The maximum absolute atomic E-state index is 5.81. The van der Waals surface area contributed by atoms with E-state index < -0.39 is 0 Å². The summed E-state index contributed by atoms with van der Waals surface area (Å²) < 4.78 is 5.58. The van der Waals surface area contributed by atoms with E-state index in [2.05, 4.69) is 26.1 Å². The Balaban J connectivity index is 2.10. The topological polar surface area (TPSA) is 21.3 Å². The summed E-state index contributed by atoms with van der Waals surface area (Å²) in [7, 11) is 0. The number of nitrogens with one attached hydrogen (secondary N) is 1. The Labute approximate surface area is 109 Å². The summed E-state index contributed by atoms with van der Waals surface area (Å²) >= 11 is 5.81. The second-order valence-corrected chi connectivity index (χ2v) is 5.10. The maximum Gasteiger partial charge on any atom is 0.0717 e. The second kappa shape index (κ2) is 7.70. The molecule has 0 aliphatic heterocycles. The standard InChI is InChI=1S/C14H22ClNO/c1-11(2)12(3)16-8-9-17-10-13-4-6-14(15)7-5-13/h4-7,11-12,16H,8-10H2,1-3H3. The molecule has 2 nitrogen and oxygen atoms in total. The number of ether oxygens (including phenoxy) is 1. The van der Waals surface area contributed by atoms with Gasteiger partial charge in [0.05, 0.1) is 13.2 Å². The number of hydrogen-bond donors (Lipinski definition) is 1. The van der Waals surface area contributed by atoms with Crippen LogP contribution in [0.2, 0.25) is 5.02 Å². The van der Waals surface area contributed by atoms with Crippen molar-refractivity contribution in [2.45, 2.75) is 33.4 Å². The number of halogens is 1. The van der Waals surface area contributed by atoms with Gasteiger partial charge in [-0.3, -0.25) is 0 Å². The molecule has 0 fully saturated rings. The van der Waals surface area contributed by atoms with Crippen LogP contribution in [0.5, 0.6) is 0 Å². The first kappa shape index (κ1) is 14.5. The molecule has 1 unspecified atom stereocenters. The minimum Gasteiger partial charge on any atom is -0.375 e. The van der Waals surface area contributed by atoms with E-state index in [4.69, 9.17) is 16.3 Å². The lowest BCUT2D eigenvalue weighted by atomic mass is 10.1. The fourth-order valence-corrected chi connectivity index (χ4v) is 1.49. The van der Waals surface area contributed by atoms with Crippen molar-refractivity contribution < 1.29 is 4.74 Å². The van der Waals surface area contributed by atoms with Gasteiger partial charge in [-0.1, -0.05) is 37.6 Å². The highest BCUT2D eigenvalue weighted by molar-refractivity contribution is 6.30. The lowest BCUT2D eigenvalue weighted by Crippen LogP contribution is -2.33. The molecular formula is C14H22ClNO. The summed E-state index contributed by atoms with van der Waals surface area (Å²) in [5.41, 5.74) is 1.16. The van der Waals surface area contributed by atoms with Crippen molar-refractivity contribution in [3.63, 3.8) is 0 Å². The van der Waals surface area contributed by atoms with Crippen LogP contribution in [0.1, 0.15) is 26.3 Å². The van der Waals surface area contributed by atoms with E-state index in [-0.39, 0.29) is 0 Å². The van der Waals surface area contributed by atoms with Gasteiger partial charge >= 0.3 is 0 Å². The van der Waals surface area contributed by atoms with Crippen LogP contribution < -0.4 is 5.32 Å². The summed E-state index contributed by atoms with van der Waals surface area (Å²) in [6.45, 7) is 8.91. The number of rotatable bonds is 7. The smallest absolute Gasteiger partial charge is 0.0717 e. The molecule has 1 rings (SSSR count). The molecule has 1 atom stereocenters. The lowest BCUT2D eigenvalue weighted by molar-refractivity contribution is 0.119. The summed E-state index contributed by atoms with van der Waals surface area (Å²) in [6.07, 6.45) is 0. The molecular weight excluding hydrogens is 234 g/mol. The third-order valence-corrected chi connectivity index (χ3v) is 3.15. The van der Waals surface area contributed by atoms with Crippen LogP contribution >= 0.6 is 11.6 Å². The summed E-state index contributed by atoms with van der Waals surface area (Å²) in [4.78, 5) is 0. The SMILES string of the molecule is CC(C)C(C)NCCOCc1ccc(Cl)cc1. The highest BCUT2D eigenvalue weighted by atomic mass is 35.5. The van der Waals surface area contributed by atoms with Gasteiger partial charge < -0.3 is 10.1 Å². The van der Waals surface area contributed by atoms with Gasteiger partial charge in [-0.15, -0.1) is 0 Å². The van der Waals surface area contributed by atoms with Crippen LogP contribution in [0.25, 0.3) is 0 Å². The molecule has 0 bridgehead atoms. The average molecular weight is 256 g/mol. The van der Waals surface area contributed by atoms with Gasteiger partial charge in [-0.05, 0) is 30.5 Å². The molecule has 1 aromatic carbocycles. The molecule has 1 N–H and O–H groups in total. The Hall–Kier alpha value is -0.570. The third-order valence-electron chi connectivity index (χ3n) is 2.89. The van der Waals surface area contributed by atoms with E-state index >= 15 is 0 Å². The van der Waals surface area contributed by atoms with Crippen molar-refractivity contribution in [1.82, 2.24) is 5.32 Å². The van der Waals surface area contributed by atoms with Gasteiger partial charge in [0, 0.05) is 17.6 Å². The summed E-state index contributed by atoms with van der Waals surface area (Å²) in [6, 6.07) is 8.30. The molecule has 96 valence electrons. The average Bonchev–Trinajstić information content (AvgIpc) is 2.30. The minimum atomic E-state index is 0.536. The van der Waals surface area contributed by atoms with Crippen molar-refractivity contribution in [3.05, 3.63) is 34.9 Å². The predicted molar refractivity (Wildman–Crippen MR) is 73.4 cm³/mol. The molecule has 0 aliphatic rings. The van der Waals surface area contributed by atoms with E-state index in [9.17, 15) is 0 Å². The Kier molecular flexibility index (Phi) is 6.56. The van der Waals surface area contributed by atoms with Crippen molar-refractivity contribution >= 4 is 11.6 Å². The number of hydrogen-bond acceptors (Lipinski definition) is 2. The predicted octanol–water partition coefficient (Wildman–Crippen LogP) is 3.49. The van der Waals surface area contributed by atoms with Crippen molar-refractivity contribution in [2.75, 3.05) is 13.2 Å². The Morgan fingerprint density at radius 3 is 2.41 bits per heavy atom. The monoisotopic (exact) mass is 255 g/mol. The van der Waals surface area contributed by atoms with Crippen LogP contribution in [-0.2, 0) is 11.3 Å². The fourth-order valence-electron chi connectivity index (χ4n) is 1.37. The Bertz CT molecular complexity index is 311. The van der Waals surface area contributed by atoms with Gasteiger partial charge in [0.15, 0.2) is 0 Å². The molecule has 0 aliphatic carbocycles. The second-order valence-electron chi connectivity index (χ2n) is 4.67. The van der Waals surface area contributed by atoms with Crippen LogP contribution in [0.3, 0.4) is 0 Å². The molecule has 0 heterocycles. The van der Waals surface area contributed by atoms with Crippen LogP contribution in [-0.4, -0.2) is 19.2 Å². The zero-order valence-electron chi connectivity index (χ0n) is 10.9. The zero-order valence-corrected chi connectivity index (χ0v) is 11.6. The molecule has 0 saturated heterocycles. The fraction of sp³-hybridized carbons (Fsp3) is 0.571. The van der Waals surface area contributed by atoms with Gasteiger partial charge in [-0.25, -0.2) is 0 Å². The van der Waals surface area contributed by atoms with Gasteiger partial charge in [0.2, 0.25) is 0 Å². The summed E-state index contributed by atoms with van der Waals surface area (Å²) in [5, 5.41) is 4.20. The van der Waals surface area contributed by atoms with Crippen LogP contribution in [0.4, 0.5) is 0 Å². The molecule has 0 spiro atoms.